The lowest BCUT2D eigenvalue weighted by molar-refractivity contribution is -0.142. The van der Waals surface area contributed by atoms with Gasteiger partial charge in [0.15, 0.2) is 6.61 Å². The highest BCUT2D eigenvalue weighted by atomic mass is 32.1. The van der Waals surface area contributed by atoms with E-state index in [1.165, 1.54) is 12.7 Å². The number of thiol groups is 1. The molecule has 5 heteroatoms. The lowest BCUT2D eigenvalue weighted by atomic mass is 9.74. The summed E-state index contributed by atoms with van der Waals surface area (Å²) in [4.78, 5) is 12.4. The van der Waals surface area contributed by atoms with Gasteiger partial charge < -0.3 is 14.6 Å². The number of aliphatic hydroxyl groups excluding tert-OH is 1. The fraction of sp³-hybridized carbons (Fsp3) is 0.593. The molecule has 0 aromatic heterocycles. The number of methoxy groups -OCH3 is 1. The third kappa shape index (κ3) is 7.70. The summed E-state index contributed by atoms with van der Waals surface area (Å²) in [7, 11) is 1.35. The lowest BCUT2D eigenvalue weighted by Crippen LogP contribution is -2.25. The van der Waals surface area contributed by atoms with Crippen molar-refractivity contribution in [2.45, 2.75) is 85.7 Å². The molecule has 1 unspecified atom stereocenters. The Hall–Kier alpha value is -1.72. The first-order valence-corrected chi connectivity index (χ1v) is 11.9. The zero-order chi connectivity index (χ0) is 24.5. The number of aryl methyl sites for hydroxylation is 1. The summed E-state index contributed by atoms with van der Waals surface area (Å²) >= 11 is 4.95. The molecule has 180 valence electrons. The molecule has 0 saturated heterocycles. The van der Waals surface area contributed by atoms with E-state index < -0.39 is 5.97 Å². The molecule has 0 heterocycles. The number of carbonyl (C=O) groups is 1. The van der Waals surface area contributed by atoms with E-state index in [0.29, 0.717) is 5.75 Å². The molecule has 1 atom stereocenters. The van der Waals surface area contributed by atoms with Crippen molar-refractivity contribution >= 4 is 18.6 Å². The minimum atomic E-state index is -0.400. The third-order valence-electron chi connectivity index (χ3n) is 6.27. The summed E-state index contributed by atoms with van der Waals surface area (Å²) in [5, 5.41) is 10.3. The number of allylic oxidation sites excluding steroid dienone is 4. The second-order valence-electron chi connectivity index (χ2n) is 9.57. The molecule has 0 saturated carbocycles. The molecule has 0 aliphatic carbocycles. The zero-order valence-electron chi connectivity index (χ0n) is 21.1. The van der Waals surface area contributed by atoms with Gasteiger partial charge in [-0.1, -0.05) is 58.4 Å². The van der Waals surface area contributed by atoms with Gasteiger partial charge in [-0.25, -0.2) is 4.79 Å². The number of hydrogen-bond donors (Lipinski definition) is 2. The van der Waals surface area contributed by atoms with E-state index in [0.717, 1.165) is 41.7 Å². The molecule has 0 spiro atoms. The summed E-state index contributed by atoms with van der Waals surface area (Å²) in [6, 6.07) is 6.11. The van der Waals surface area contributed by atoms with Crippen molar-refractivity contribution in [2.75, 3.05) is 13.7 Å². The first-order valence-electron chi connectivity index (χ1n) is 11.5. The number of aliphatic hydroxyl groups is 1. The molecule has 4 nitrogen and oxygen atoms in total. The van der Waals surface area contributed by atoms with Gasteiger partial charge in [-0.2, -0.15) is 0 Å². The Balaban J connectivity index is 3.09. The summed E-state index contributed by atoms with van der Waals surface area (Å²) in [5.41, 5.74) is 3.01. The van der Waals surface area contributed by atoms with E-state index >= 15 is 0 Å². The highest BCUT2D eigenvalue weighted by Crippen LogP contribution is 2.42. The number of hydrogen-bond acceptors (Lipinski definition) is 5. The SMILES string of the molecule is CCC(CC)(/C(S)=C/C(C)=C/CCC(O)C(C)(C)C)c1ccc(OCC(=O)OC)c(C)c1. The van der Waals surface area contributed by atoms with Crippen molar-refractivity contribution in [2.24, 2.45) is 5.41 Å². The maximum Gasteiger partial charge on any atom is 0.343 e. The van der Waals surface area contributed by atoms with Crippen LogP contribution in [0.15, 0.2) is 40.8 Å². The maximum absolute atomic E-state index is 11.4. The van der Waals surface area contributed by atoms with Crippen LogP contribution in [0, 0.1) is 12.3 Å². The van der Waals surface area contributed by atoms with E-state index in [-0.39, 0.29) is 23.5 Å². The van der Waals surface area contributed by atoms with Gasteiger partial charge in [-0.15, -0.1) is 12.6 Å². The van der Waals surface area contributed by atoms with Crippen LogP contribution in [0.4, 0.5) is 0 Å². The fourth-order valence-corrected chi connectivity index (χ4v) is 4.44. The van der Waals surface area contributed by atoms with Gasteiger partial charge >= 0.3 is 5.97 Å². The van der Waals surface area contributed by atoms with Crippen LogP contribution >= 0.6 is 12.6 Å². The molecular weight excluding hydrogens is 420 g/mol. The van der Waals surface area contributed by atoms with Gasteiger partial charge in [-0.05, 0) is 73.1 Å². The van der Waals surface area contributed by atoms with Crippen molar-refractivity contribution in [1.29, 1.82) is 0 Å². The monoisotopic (exact) mass is 462 g/mol. The number of carbonyl (C=O) groups excluding carboxylic acids is 1. The highest BCUT2D eigenvalue weighted by Gasteiger charge is 2.31. The van der Waals surface area contributed by atoms with E-state index in [9.17, 15) is 9.90 Å². The van der Waals surface area contributed by atoms with Crippen LogP contribution in [-0.2, 0) is 14.9 Å². The molecule has 0 bridgehead atoms. The smallest absolute Gasteiger partial charge is 0.343 e. The van der Waals surface area contributed by atoms with E-state index in [1.54, 1.807) is 0 Å². The van der Waals surface area contributed by atoms with Crippen molar-refractivity contribution < 1.29 is 19.4 Å². The molecule has 1 rings (SSSR count). The number of esters is 1. The van der Waals surface area contributed by atoms with Crippen LogP contribution in [0.3, 0.4) is 0 Å². The Morgan fingerprint density at radius 3 is 2.34 bits per heavy atom. The van der Waals surface area contributed by atoms with Gasteiger partial charge in [0.1, 0.15) is 5.75 Å². The molecule has 1 N–H and O–H groups in total. The van der Waals surface area contributed by atoms with Gasteiger partial charge in [-0.3, -0.25) is 0 Å². The molecule has 0 radical (unpaired) electrons. The Kier molecular flexibility index (Phi) is 11.1. The quantitative estimate of drug-likeness (QED) is 0.222. The third-order valence-corrected chi connectivity index (χ3v) is 6.83. The Bertz CT molecular complexity index is 813. The van der Waals surface area contributed by atoms with Crippen LogP contribution in [0.5, 0.6) is 5.75 Å². The topological polar surface area (TPSA) is 55.8 Å². The Morgan fingerprint density at radius 1 is 1.22 bits per heavy atom. The van der Waals surface area contributed by atoms with Gasteiger partial charge in [0, 0.05) is 5.41 Å². The van der Waals surface area contributed by atoms with Crippen molar-refractivity contribution in [3.63, 3.8) is 0 Å². The van der Waals surface area contributed by atoms with E-state index in [1.807, 2.05) is 13.0 Å². The molecule has 1 aromatic carbocycles. The molecule has 1 aromatic rings. The lowest BCUT2D eigenvalue weighted by Gasteiger charge is -2.34. The summed E-state index contributed by atoms with van der Waals surface area (Å²) < 4.78 is 10.2. The van der Waals surface area contributed by atoms with E-state index in [2.05, 4.69) is 70.6 Å². The average molecular weight is 463 g/mol. The van der Waals surface area contributed by atoms with Crippen LogP contribution < -0.4 is 4.74 Å². The normalized spacial score (nSPS) is 14.3. The highest BCUT2D eigenvalue weighted by molar-refractivity contribution is 7.84. The van der Waals surface area contributed by atoms with E-state index in [4.69, 9.17) is 17.4 Å². The first kappa shape index (κ1) is 28.3. The molecule has 0 aliphatic rings. The molecule has 0 fully saturated rings. The Labute approximate surface area is 200 Å². The molecular formula is C27H42O4S. The van der Waals surface area contributed by atoms with Gasteiger partial charge in [0.2, 0.25) is 0 Å². The predicted octanol–water partition coefficient (Wildman–Crippen LogP) is 6.55. The second kappa shape index (κ2) is 12.5. The first-order chi connectivity index (χ1) is 14.9. The van der Waals surface area contributed by atoms with Crippen LogP contribution in [0.1, 0.15) is 78.4 Å². The summed E-state index contributed by atoms with van der Waals surface area (Å²) in [5.74, 6) is 0.279. The minimum absolute atomic E-state index is 0.101. The molecule has 0 aliphatic heterocycles. The maximum atomic E-state index is 11.4. The number of ether oxygens (including phenoxy) is 2. The Morgan fingerprint density at radius 2 is 1.84 bits per heavy atom. The number of rotatable bonds is 11. The van der Waals surface area contributed by atoms with Crippen molar-refractivity contribution in [3.8, 4) is 5.75 Å². The fourth-order valence-electron chi connectivity index (χ4n) is 3.79. The predicted molar refractivity (Wildman–Crippen MR) is 136 cm³/mol. The minimum Gasteiger partial charge on any atom is -0.482 e. The summed E-state index contributed by atoms with van der Waals surface area (Å²) in [6.45, 7) is 14.5. The second-order valence-corrected chi connectivity index (χ2v) is 10.1. The van der Waals surface area contributed by atoms with Gasteiger partial charge in [0.25, 0.3) is 0 Å². The largest absolute Gasteiger partial charge is 0.482 e. The van der Waals surface area contributed by atoms with Crippen LogP contribution in [-0.4, -0.2) is 30.9 Å². The van der Waals surface area contributed by atoms with Crippen molar-refractivity contribution in [1.82, 2.24) is 0 Å². The zero-order valence-corrected chi connectivity index (χ0v) is 22.0. The summed E-state index contributed by atoms with van der Waals surface area (Å²) in [6.07, 6.45) is 7.41. The van der Waals surface area contributed by atoms with Crippen molar-refractivity contribution in [3.05, 3.63) is 52.0 Å². The van der Waals surface area contributed by atoms with Crippen LogP contribution in [0.2, 0.25) is 0 Å². The average Bonchev–Trinajstić information content (AvgIpc) is 2.73. The molecule has 0 amide bonds. The van der Waals surface area contributed by atoms with Crippen LogP contribution in [0.25, 0.3) is 0 Å². The number of benzene rings is 1. The molecule has 32 heavy (non-hydrogen) atoms. The van der Waals surface area contributed by atoms with Gasteiger partial charge in [0.05, 0.1) is 13.2 Å². The standard InChI is InChI=1S/C27H42O4S/c1-9-27(10-2,21-14-15-22(20(4)17-21)31-18-25(29)30-8)24(32)16-19(3)12-11-13-23(28)26(5,6)7/h12,14-17,23,28,32H,9-11,13,18H2,1-8H3/b19-12+,24-16-.